The number of hydrogen-bond acceptors (Lipinski definition) is 7. The van der Waals surface area contributed by atoms with Crippen molar-refractivity contribution < 1.29 is 42.5 Å². The Hall–Kier alpha value is -2.42. The average molecular weight is 509 g/mol. The van der Waals surface area contributed by atoms with Crippen LogP contribution in [0.5, 0.6) is 0 Å². The first-order valence-electron chi connectivity index (χ1n) is 12.6. The van der Waals surface area contributed by atoms with Crippen LogP contribution in [0.15, 0.2) is 23.8 Å². The van der Waals surface area contributed by atoms with Crippen LogP contribution in [0.2, 0.25) is 0 Å². The first-order chi connectivity index (χ1) is 16.8. The molecule has 0 aliphatic heterocycles. The highest BCUT2D eigenvalue weighted by molar-refractivity contribution is 6.01. The highest BCUT2D eigenvalue weighted by Gasteiger charge is 2.76. The molecule has 7 nitrogen and oxygen atoms in total. The van der Waals surface area contributed by atoms with Crippen molar-refractivity contribution in [2.45, 2.75) is 89.8 Å². The fourth-order valence-electron chi connectivity index (χ4n) is 7.66. The number of aliphatic hydroxyl groups is 1. The number of halogens is 2. The third-order valence-corrected chi connectivity index (χ3v) is 9.34. The predicted octanol–water partition coefficient (Wildman–Crippen LogP) is 3.52. The van der Waals surface area contributed by atoms with Crippen LogP contribution >= 0.6 is 0 Å². The lowest BCUT2D eigenvalue weighted by Crippen LogP contribution is -2.70. The molecule has 0 radical (unpaired) electrons. The number of rotatable bonds is 6. The van der Waals surface area contributed by atoms with Gasteiger partial charge in [0.25, 0.3) is 0 Å². The van der Waals surface area contributed by atoms with Gasteiger partial charge in [0, 0.05) is 30.1 Å². The van der Waals surface area contributed by atoms with E-state index in [2.05, 4.69) is 0 Å². The van der Waals surface area contributed by atoms with E-state index in [4.69, 9.17) is 9.47 Å². The molecule has 4 aliphatic carbocycles. The summed E-state index contributed by atoms with van der Waals surface area (Å²) < 4.78 is 43.5. The van der Waals surface area contributed by atoms with Crippen molar-refractivity contribution >= 4 is 23.5 Å². The number of esters is 2. The summed E-state index contributed by atoms with van der Waals surface area (Å²) in [5.41, 5.74) is -6.81. The minimum atomic E-state index is -2.30. The summed E-state index contributed by atoms with van der Waals surface area (Å²) in [6, 6.07) is 0. The minimum Gasteiger partial charge on any atom is -0.457 e. The van der Waals surface area contributed by atoms with Crippen molar-refractivity contribution in [3.05, 3.63) is 23.8 Å². The fraction of sp³-hybridized carbons (Fsp3) is 0.704. The van der Waals surface area contributed by atoms with Gasteiger partial charge in [0.2, 0.25) is 5.78 Å². The van der Waals surface area contributed by atoms with E-state index in [9.17, 15) is 24.3 Å². The largest absolute Gasteiger partial charge is 0.457 e. The molecule has 9 heteroatoms. The summed E-state index contributed by atoms with van der Waals surface area (Å²) in [6.07, 6.45) is 0.889. The summed E-state index contributed by atoms with van der Waals surface area (Å²) in [7, 11) is 0. The van der Waals surface area contributed by atoms with Gasteiger partial charge in [0.15, 0.2) is 23.7 Å². The second-order valence-corrected chi connectivity index (χ2v) is 11.2. The second-order valence-electron chi connectivity index (χ2n) is 11.2. The van der Waals surface area contributed by atoms with E-state index in [1.165, 1.54) is 19.1 Å². The van der Waals surface area contributed by atoms with Crippen molar-refractivity contribution in [3.63, 3.8) is 0 Å². The molecule has 0 heterocycles. The number of ketones is 2. The first-order valence-corrected chi connectivity index (χ1v) is 12.6. The van der Waals surface area contributed by atoms with Gasteiger partial charge in [-0.1, -0.05) is 19.9 Å². The molecule has 0 amide bonds. The Morgan fingerprint density at radius 3 is 2.56 bits per heavy atom. The monoisotopic (exact) mass is 508 g/mol. The zero-order chi connectivity index (χ0) is 26.7. The van der Waals surface area contributed by atoms with Crippen molar-refractivity contribution in [1.29, 1.82) is 0 Å². The Labute approximate surface area is 209 Å². The van der Waals surface area contributed by atoms with Crippen LogP contribution in [0.1, 0.15) is 66.2 Å². The molecule has 8 atom stereocenters. The van der Waals surface area contributed by atoms with Gasteiger partial charge in [-0.25, -0.2) is 8.78 Å². The van der Waals surface area contributed by atoms with Crippen LogP contribution in [0.4, 0.5) is 8.78 Å². The molecular formula is C27H34F2O7. The lowest BCUT2D eigenvalue weighted by molar-refractivity contribution is -0.228. The zero-order valence-corrected chi connectivity index (χ0v) is 21.1. The lowest BCUT2D eigenvalue weighted by atomic mass is 9.44. The SMILES string of the molecule is CCCC(=O)OCC(=O)[C@@]1(OC(C)=O)CCC2C3C[C@H](F)C4=CC(=O)C=CC4(C)[C@@]3(F)C(O)CC21C. The summed E-state index contributed by atoms with van der Waals surface area (Å²) >= 11 is 0. The number of carbonyl (C=O) groups excluding carboxylic acids is 4. The molecule has 0 aromatic carbocycles. The van der Waals surface area contributed by atoms with Crippen molar-refractivity contribution in [3.8, 4) is 0 Å². The second kappa shape index (κ2) is 8.85. The van der Waals surface area contributed by atoms with E-state index >= 15 is 8.78 Å². The van der Waals surface area contributed by atoms with Gasteiger partial charge in [0.05, 0.1) is 6.10 Å². The predicted molar refractivity (Wildman–Crippen MR) is 124 cm³/mol. The number of aliphatic hydroxyl groups excluding tert-OH is 1. The maximum Gasteiger partial charge on any atom is 0.306 e. The van der Waals surface area contributed by atoms with E-state index in [1.807, 2.05) is 0 Å². The van der Waals surface area contributed by atoms with Crippen LogP contribution in [0.3, 0.4) is 0 Å². The Balaban J connectivity index is 1.75. The number of ether oxygens (including phenoxy) is 2. The van der Waals surface area contributed by atoms with E-state index in [0.717, 1.165) is 13.0 Å². The van der Waals surface area contributed by atoms with Gasteiger partial charge in [0.1, 0.15) is 6.17 Å². The van der Waals surface area contributed by atoms with Gasteiger partial charge < -0.3 is 14.6 Å². The quantitative estimate of drug-likeness (QED) is 0.547. The Morgan fingerprint density at radius 2 is 1.92 bits per heavy atom. The Morgan fingerprint density at radius 1 is 1.22 bits per heavy atom. The molecule has 0 bridgehead atoms. The molecule has 198 valence electrons. The lowest BCUT2D eigenvalue weighted by Gasteiger charge is -2.63. The molecule has 36 heavy (non-hydrogen) atoms. The normalized spacial score (nSPS) is 43.1. The average Bonchev–Trinajstić information content (AvgIpc) is 3.08. The van der Waals surface area contributed by atoms with Gasteiger partial charge in [-0.3, -0.25) is 19.2 Å². The molecular weight excluding hydrogens is 474 g/mol. The van der Waals surface area contributed by atoms with E-state index in [1.54, 1.807) is 13.8 Å². The van der Waals surface area contributed by atoms with Gasteiger partial charge >= 0.3 is 11.9 Å². The zero-order valence-electron chi connectivity index (χ0n) is 21.1. The number of hydrogen-bond donors (Lipinski definition) is 1. The van der Waals surface area contributed by atoms with Crippen LogP contribution in [0, 0.1) is 22.7 Å². The Kier molecular flexibility index (Phi) is 6.55. The number of Topliss-reactive ketones (excluding diaryl/α,β-unsaturated/α-hetero) is 1. The molecule has 3 fully saturated rings. The summed E-state index contributed by atoms with van der Waals surface area (Å²) in [5, 5.41) is 11.4. The molecule has 4 aliphatic rings. The van der Waals surface area contributed by atoms with Crippen molar-refractivity contribution in [2.24, 2.45) is 22.7 Å². The third kappa shape index (κ3) is 3.52. The topological polar surface area (TPSA) is 107 Å². The van der Waals surface area contributed by atoms with E-state index < -0.39 is 76.3 Å². The van der Waals surface area contributed by atoms with Crippen LogP contribution in [-0.4, -0.2) is 58.8 Å². The van der Waals surface area contributed by atoms with Gasteiger partial charge in [-0.05, 0) is 62.7 Å². The van der Waals surface area contributed by atoms with E-state index in [-0.39, 0.29) is 37.7 Å². The maximum atomic E-state index is 17.2. The van der Waals surface area contributed by atoms with E-state index in [0.29, 0.717) is 6.42 Å². The van der Waals surface area contributed by atoms with Crippen LogP contribution in [-0.2, 0) is 28.7 Å². The van der Waals surface area contributed by atoms with Crippen LogP contribution in [0.25, 0.3) is 0 Å². The third-order valence-electron chi connectivity index (χ3n) is 9.34. The molecule has 4 rings (SSSR count). The number of fused-ring (bicyclic) bond motifs is 5. The highest BCUT2D eigenvalue weighted by Crippen LogP contribution is 2.70. The standard InChI is InChI=1S/C27H34F2O7/c1-5-6-23(34)35-14-22(33)26(36-15(2)30)10-8-17-18-12-20(28)19-11-16(31)7-9-24(19,3)27(18,29)21(32)13-25(17,26)4/h7,9,11,17-18,20-21,32H,5-6,8,10,12-14H2,1-4H3/t17?,18?,20-,21?,24?,25?,26-,27-/m0/s1. The summed E-state index contributed by atoms with van der Waals surface area (Å²) in [4.78, 5) is 49.6. The molecule has 0 aromatic heterocycles. The fourth-order valence-corrected chi connectivity index (χ4v) is 7.66. The maximum absolute atomic E-state index is 17.2. The molecule has 5 unspecified atom stereocenters. The van der Waals surface area contributed by atoms with Crippen LogP contribution < -0.4 is 0 Å². The summed E-state index contributed by atoms with van der Waals surface area (Å²) in [5.74, 6) is -3.96. The number of carbonyl (C=O) groups is 4. The van der Waals surface area contributed by atoms with Crippen molar-refractivity contribution in [2.75, 3.05) is 6.61 Å². The first kappa shape index (κ1) is 26.6. The minimum absolute atomic E-state index is 0.0135. The highest BCUT2D eigenvalue weighted by atomic mass is 19.1. The summed E-state index contributed by atoms with van der Waals surface area (Å²) in [6.45, 7) is 5.51. The molecule has 0 spiro atoms. The molecule has 0 saturated heterocycles. The smallest absolute Gasteiger partial charge is 0.306 e. The molecule has 1 N–H and O–H groups in total. The molecule has 0 aromatic rings. The molecule has 3 saturated carbocycles. The number of alkyl halides is 2. The van der Waals surface area contributed by atoms with Gasteiger partial charge in [-0.2, -0.15) is 0 Å². The number of allylic oxidation sites excluding steroid dienone is 4. The van der Waals surface area contributed by atoms with Crippen molar-refractivity contribution in [1.82, 2.24) is 0 Å². The Bertz CT molecular complexity index is 1050. The van der Waals surface area contributed by atoms with Gasteiger partial charge in [-0.15, -0.1) is 0 Å².